The molecule has 3 rings (SSSR count). The summed E-state index contributed by atoms with van der Waals surface area (Å²) in [5.41, 5.74) is 0.252. The molecule has 2 unspecified atom stereocenters. The Balaban J connectivity index is 0.00000400. The minimum absolute atomic E-state index is 0. The van der Waals surface area contributed by atoms with Crippen molar-refractivity contribution in [1.82, 2.24) is 0 Å². The average molecular weight is 593 g/mol. The first-order chi connectivity index (χ1) is 17.9. The summed E-state index contributed by atoms with van der Waals surface area (Å²) in [5.74, 6) is -4.71. The molecule has 0 aromatic rings. The summed E-state index contributed by atoms with van der Waals surface area (Å²) in [6, 6.07) is 0. The van der Waals surface area contributed by atoms with Crippen LogP contribution in [0.4, 0.5) is 0 Å². The van der Waals surface area contributed by atoms with E-state index in [-0.39, 0.29) is 130 Å². The maximum absolute atomic E-state index is 12.5. The molecule has 208 valence electrons. The maximum Gasteiger partial charge on any atom is 1.00 e. The molecule has 0 aromatic carbocycles. The molecule has 1 aliphatic heterocycles. The Morgan fingerprint density at radius 2 is 1.70 bits per heavy atom. The second kappa shape index (κ2) is 16.2. The molecule has 40 heavy (non-hydrogen) atoms. The van der Waals surface area contributed by atoms with E-state index in [4.69, 9.17) is 14.2 Å². The van der Waals surface area contributed by atoms with Crippen molar-refractivity contribution < 1.29 is 129 Å². The van der Waals surface area contributed by atoms with Gasteiger partial charge in [-0.1, -0.05) is 38.2 Å². The summed E-state index contributed by atoms with van der Waals surface area (Å²) in [4.78, 5) is 58.3. The van der Waals surface area contributed by atoms with Crippen molar-refractivity contribution in [1.29, 1.82) is 0 Å². The van der Waals surface area contributed by atoms with Crippen molar-refractivity contribution in [3.05, 3.63) is 36.0 Å². The number of allylic oxidation sites excluding steroid dienone is 2. The number of carboxylic acid groups (broad SMARTS) is 2. The number of rotatable bonds is 11. The fourth-order valence-electron chi connectivity index (χ4n) is 6.29. The van der Waals surface area contributed by atoms with E-state index in [0.29, 0.717) is 31.3 Å². The first-order valence-electron chi connectivity index (χ1n) is 12.8. The summed E-state index contributed by atoms with van der Waals surface area (Å²) in [5, 5.41) is 21.6. The van der Waals surface area contributed by atoms with Gasteiger partial charge in [-0.25, -0.2) is 4.79 Å². The van der Waals surface area contributed by atoms with E-state index in [2.05, 4.69) is 13.5 Å². The quantitative estimate of drug-likeness (QED) is 0.0984. The molecule has 0 bridgehead atoms. The molecule has 0 spiro atoms. The number of carbonyl (C=O) groups excluding carboxylic acids is 5. The van der Waals surface area contributed by atoms with E-state index in [1.54, 1.807) is 12.2 Å². The average Bonchev–Trinajstić information content (AvgIpc) is 3.26. The van der Waals surface area contributed by atoms with Gasteiger partial charge < -0.3 is 34.0 Å². The summed E-state index contributed by atoms with van der Waals surface area (Å²) in [6.07, 6.45) is 5.57. The normalized spacial score (nSPS) is 29.2. The third kappa shape index (κ3) is 9.10. The molecule has 2 fully saturated rings. The molecule has 2 saturated carbocycles. The van der Waals surface area contributed by atoms with Crippen molar-refractivity contribution in [2.45, 2.75) is 71.3 Å². The van der Waals surface area contributed by atoms with Crippen LogP contribution in [-0.4, -0.2) is 49.2 Å². The van der Waals surface area contributed by atoms with Gasteiger partial charge in [-0.15, -0.1) is 0 Å². The molecule has 3 aliphatic rings. The number of hydrogen-bond donors (Lipinski definition) is 0. The van der Waals surface area contributed by atoms with Crippen LogP contribution in [0.3, 0.4) is 0 Å². The van der Waals surface area contributed by atoms with Crippen LogP contribution in [0.2, 0.25) is 0 Å². The van der Waals surface area contributed by atoms with Gasteiger partial charge in [-0.3, -0.25) is 9.59 Å². The second-order valence-electron chi connectivity index (χ2n) is 10.8. The van der Waals surface area contributed by atoms with Crippen molar-refractivity contribution in [3.63, 3.8) is 0 Å². The van der Waals surface area contributed by atoms with Crippen molar-refractivity contribution in [3.8, 4) is 0 Å². The molecular weight excluding hydrogens is 558 g/mol. The number of carbonyl (C=O) groups is 5. The molecule has 10 nitrogen and oxygen atoms in total. The van der Waals surface area contributed by atoms with Gasteiger partial charge in [-0.2, -0.15) is 0 Å². The van der Waals surface area contributed by atoms with Crippen LogP contribution < -0.4 is 91.2 Å². The number of cyclic esters (lactones) is 1. The Morgan fingerprint density at radius 3 is 2.27 bits per heavy atom. The third-order valence-corrected chi connectivity index (χ3v) is 8.28. The van der Waals surface area contributed by atoms with Crippen LogP contribution in [0, 0.1) is 22.7 Å². The van der Waals surface area contributed by atoms with Crippen LogP contribution in [0.1, 0.15) is 65.2 Å². The molecule has 0 radical (unpaired) electrons. The zero-order chi connectivity index (χ0) is 28.1. The third-order valence-electron chi connectivity index (χ3n) is 8.28. The smallest absolute Gasteiger partial charge is 0.550 e. The van der Waals surface area contributed by atoms with Gasteiger partial charge in [0.25, 0.3) is 0 Å². The van der Waals surface area contributed by atoms with Gasteiger partial charge in [-0.05, 0) is 55.9 Å². The van der Waals surface area contributed by atoms with Gasteiger partial charge in [0.05, 0.1) is 18.4 Å². The molecule has 5 atom stereocenters. The van der Waals surface area contributed by atoms with E-state index in [1.165, 1.54) is 0 Å². The standard InChI is InChI=1S/C28H36O10.K.Na/c1-17-4-7-20-27(2,19(17)6-5-18-13-15-36-26(18)35)14-12-21(38-25(34)11-9-23(31)32)28(20,3)16-37-24(33)10-8-22(29)30;;/h5-6,13,19-21H,1,4,7-12,14-16H2,2-3H3,(H,29,30)(H,31,32);;/q;2*+1/p-2/b6-5+;;/t19?,20?,21-,27+,28+;;/m1../s1. The Bertz CT molecular complexity index is 1070. The predicted molar refractivity (Wildman–Crippen MR) is 128 cm³/mol. The number of carboxylic acids is 2. The monoisotopic (exact) mass is 592 g/mol. The predicted octanol–water partition coefficient (Wildman–Crippen LogP) is -5.06. The minimum atomic E-state index is -1.36. The van der Waals surface area contributed by atoms with Crippen LogP contribution in [0.5, 0.6) is 0 Å². The first kappa shape index (κ1) is 37.2. The van der Waals surface area contributed by atoms with Crippen molar-refractivity contribution >= 4 is 29.8 Å². The molecule has 12 heteroatoms. The van der Waals surface area contributed by atoms with Gasteiger partial charge in [0.1, 0.15) is 19.3 Å². The summed E-state index contributed by atoms with van der Waals surface area (Å²) < 4.78 is 16.3. The molecular formula is C28H34KNaO10. The van der Waals surface area contributed by atoms with Crippen LogP contribution >= 0.6 is 0 Å². The second-order valence-corrected chi connectivity index (χ2v) is 10.8. The van der Waals surface area contributed by atoms with Crippen LogP contribution in [-0.2, 0) is 38.2 Å². The van der Waals surface area contributed by atoms with Crippen molar-refractivity contribution in [2.24, 2.45) is 22.7 Å². The van der Waals surface area contributed by atoms with E-state index in [9.17, 15) is 34.2 Å². The fourth-order valence-corrected chi connectivity index (χ4v) is 6.29. The minimum Gasteiger partial charge on any atom is -0.550 e. The number of esters is 3. The molecule has 2 aliphatic carbocycles. The van der Waals surface area contributed by atoms with Crippen LogP contribution in [0.25, 0.3) is 0 Å². The Labute approximate surface area is 299 Å². The van der Waals surface area contributed by atoms with Gasteiger partial charge in [0.15, 0.2) is 0 Å². The van der Waals surface area contributed by atoms with Gasteiger partial charge in [0, 0.05) is 23.3 Å². The Hall–Kier alpha value is -0.794. The number of aliphatic carboxylic acids is 2. The maximum atomic E-state index is 12.5. The number of ether oxygens (including phenoxy) is 3. The van der Waals surface area contributed by atoms with Crippen LogP contribution in [0.15, 0.2) is 36.0 Å². The molecule has 0 aromatic heterocycles. The Morgan fingerprint density at radius 1 is 1.07 bits per heavy atom. The van der Waals surface area contributed by atoms with Gasteiger partial charge in [0.2, 0.25) is 0 Å². The molecule has 0 amide bonds. The topological polar surface area (TPSA) is 159 Å². The zero-order valence-electron chi connectivity index (χ0n) is 23.8. The molecule has 0 N–H and O–H groups in total. The van der Waals surface area contributed by atoms with Crippen molar-refractivity contribution in [2.75, 3.05) is 13.2 Å². The molecule has 0 saturated heterocycles. The first-order valence-corrected chi connectivity index (χ1v) is 12.8. The summed E-state index contributed by atoms with van der Waals surface area (Å²) in [6.45, 7) is 8.40. The zero-order valence-corrected chi connectivity index (χ0v) is 28.9. The van der Waals surface area contributed by atoms with Gasteiger partial charge >= 0.3 is 98.8 Å². The Kier molecular flexibility index (Phi) is 15.0. The number of hydrogen-bond acceptors (Lipinski definition) is 10. The summed E-state index contributed by atoms with van der Waals surface area (Å²) in [7, 11) is 0. The largest absolute Gasteiger partial charge is 1.00 e. The van der Waals surface area contributed by atoms with E-state index in [0.717, 1.165) is 5.57 Å². The van der Waals surface area contributed by atoms with E-state index in [1.807, 2.05) is 13.0 Å². The SMILES string of the molecule is C=C1CCC2[C@@](C)(CC[C@@H](OC(=O)CCC(=O)[O-])[C@@]2(C)COC(=O)CCC(=O)[O-])C1/C=C/C1=CCOC1=O.[K+].[Na+]. The number of fused-ring (bicyclic) bond motifs is 1. The van der Waals surface area contributed by atoms with E-state index >= 15 is 0 Å². The van der Waals surface area contributed by atoms with E-state index < -0.39 is 48.2 Å². The fraction of sp³-hybridized carbons (Fsp3) is 0.607. The molecule has 1 heterocycles. The summed E-state index contributed by atoms with van der Waals surface area (Å²) >= 11 is 0.